The fourth-order valence-corrected chi connectivity index (χ4v) is 0.488. The van der Waals surface area contributed by atoms with Crippen LogP contribution < -0.4 is 0 Å². The minimum Gasteiger partial charge on any atom is -0.452 e. The van der Waals surface area contributed by atoms with Crippen molar-refractivity contribution in [2.24, 2.45) is 0 Å². The summed E-state index contributed by atoms with van der Waals surface area (Å²) in [7, 11) is 0. The first-order valence-electron chi connectivity index (χ1n) is 3.95. The summed E-state index contributed by atoms with van der Waals surface area (Å²) in [5, 5.41) is 0. The van der Waals surface area contributed by atoms with Crippen LogP contribution in [0, 0.1) is 0 Å². The van der Waals surface area contributed by atoms with Crippen molar-refractivity contribution in [3.05, 3.63) is 49.4 Å². The van der Waals surface area contributed by atoms with Gasteiger partial charge in [0, 0.05) is 12.4 Å². The molecule has 0 bridgehead atoms. The van der Waals surface area contributed by atoms with E-state index in [-0.39, 0.29) is 0 Å². The van der Waals surface area contributed by atoms with Crippen molar-refractivity contribution in [2.75, 3.05) is 0 Å². The zero-order valence-electron chi connectivity index (χ0n) is 8.12. The Labute approximate surface area is 97.5 Å². The molecule has 8 heteroatoms. The average Bonchev–Trinajstić information content (AvgIpc) is 2.75. The smallest absolute Gasteiger partial charge is 0.319 e. The van der Waals surface area contributed by atoms with E-state index in [4.69, 9.17) is 14.7 Å². The second kappa shape index (κ2) is 9.14. The topological polar surface area (TPSA) is 99.6 Å². The molecule has 2 aromatic rings. The van der Waals surface area contributed by atoms with Gasteiger partial charge >= 0.3 is 6.72 Å². The molecule has 6 nitrogen and oxygen atoms in total. The standard InChI is InChI=1S/C5H5N.C3H3NO.H3O3PS/c1-2-4-6-5-3-1;1-2-5-3-4-1;1-4(2,3)5/h1-5H;1-3H;(H3,1,2,3,5). The fraction of sp³-hybridized carbons (Fsp3) is 0. The third-order valence-electron chi connectivity index (χ3n) is 0.914. The van der Waals surface area contributed by atoms with E-state index in [0.29, 0.717) is 0 Å². The lowest BCUT2D eigenvalue weighted by atomic mass is 10.5. The Balaban J connectivity index is 0.000000213. The predicted molar refractivity (Wildman–Crippen MR) is 61.7 cm³/mol. The van der Waals surface area contributed by atoms with E-state index >= 15 is 0 Å². The minimum absolute atomic E-state index is 1.38. The molecular weight excluding hydrogens is 251 g/mol. The second-order valence-corrected chi connectivity index (χ2v) is 4.71. The van der Waals surface area contributed by atoms with E-state index in [1.807, 2.05) is 18.2 Å². The molecule has 2 aromatic heterocycles. The van der Waals surface area contributed by atoms with Gasteiger partial charge in [-0.1, -0.05) is 6.07 Å². The van der Waals surface area contributed by atoms with Crippen LogP contribution in [0.15, 0.2) is 53.9 Å². The van der Waals surface area contributed by atoms with E-state index in [2.05, 4.69) is 26.2 Å². The van der Waals surface area contributed by atoms with Gasteiger partial charge in [-0.3, -0.25) is 4.98 Å². The lowest BCUT2D eigenvalue weighted by Crippen LogP contribution is -1.65. The van der Waals surface area contributed by atoms with Crippen LogP contribution in [0.3, 0.4) is 0 Å². The second-order valence-electron chi connectivity index (χ2n) is 2.21. The van der Waals surface area contributed by atoms with Crippen molar-refractivity contribution in [3.8, 4) is 0 Å². The summed E-state index contributed by atoms with van der Waals surface area (Å²) in [6.45, 7) is -3.81. The number of aromatic nitrogens is 2. The van der Waals surface area contributed by atoms with Crippen LogP contribution in [-0.4, -0.2) is 24.6 Å². The first-order chi connectivity index (χ1) is 7.50. The van der Waals surface area contributed by atoms with Crippen LogP contribution in [0.1, 0.15) is 0 Å². The Kier molecular flexibility index (Phi) is 8.51. The Bertz CT molecular complexity index is 326. The molecule has 0 fully saturated rings. The summed E-state index contributed by atoms with van der Waals surface area (Å²) in [6.07, 6.45) is 7.97. The van der Waals surface area contributed by atoms with Crippen molar-refractivity contribution in [1.82, 2.24) is 9.97 Å². The normalized spacial score (nSPS) is 9.19. The molecule has 2 rings (SSSR count). The number of nitrogens with zero attached hydrogens (tertiary/aromatic N) is 2. The maximum atomic E-state index is 7.56. The number of oxazole rings is 1. The molecule has 0 unspecified atom stereocenters. The number of pyridine rings is 1. The third kappa shape index (κ3) is 18.6. The number of hydrogen-bond donors (Lipinski definition) is 3. The van der Waals surface area contributed by atoms with E-state index in [9.17, 15) is 0 Å². The summed E-state index contributed by atoms with van der Waals surface area (Å²) in [6, 6.07) is 5.72. The van der Waals surface area contributed by atoms with Gasteiger partial charge in [0.2, 0.25) is 0 Å². The quantitative estimate of drug-likeness (QED) is 0.607. The Hall–Kier alpha value is -1.11. The maximum absolute atomic E-state index is 7.56. The summed E-state index contributed by atoms with van der Waals surface area (Å²) in [5.41, 5.74) is 0. The van der Waals surface area contributed by atoms with Crippen LogP contribution in [0.4, 0.5) is 0 Å². The lowest BCUT2D eigenvalue weighted by molar-refractivity contribution is 0.363. The zero-order chi connectivity index (χ0) is 12.3. The van der Waals surface area contributed by atoms with E-state index < -0.39 is 6.72 Å². The monoisotopic (exact) mass is 262 g/mol. The SMILES string of the molecule is OP(O)(O)=S.c1ccncc1.c1cocn1. The third-order valence-corrected chi connectivity index (χ3v) is 0.914. The van der Waals surface area contributed by atoms with Crippen molar-refractivity contribution >= 4 is 18.5 Å². The molecule has 0 amide bonds. The highest BCUT2D eigenvalue weighted by Crippen LogP contribution is 2.26. The van der Waals surface area contributed by atoms with Gasteiger partial charge in [-0.2, -0.15) is 0 Å². The number of hydrogen-bond acceptors (Lipinski definition) is 4. The van der Waals surface area contributed by atoms with Gasteiger partial charge in [-0.25, -0.2) is 4.98 Å². The summed E-state index contributed by atoms with van der Waals surface area (Å²) >= 11 is 3.60. The van der Waals surface area contributed by atoms with Crippen molar-refractivity contribution < 1.29 is 19.1 Å². The van der Waals surface area contributed by atoms with Gasteiger partial charge in [0.15, 0.2) is 6.39 Å². The summed E-state index contributed by atoms with van der Waals surface area (Å²) in [5.74, 6) is 0. The van der Waals surface area contributed by atoms with Crippen LogP contribution in [0.5, 0.6) is 0 Å². The molecule has 0 aliphatic heterocycles. The van der Waals surface area contributed by atoms with Crippen LogP contribution >= 0.6 is 6.72 Å². The van der Waals surface area contributed by atoms with Gasteiger partial charge in [-0.15, -0.1) is 0 Å². The van der Waals surface area contributed by atoms with E-state index in [1.54, 1.807) is 18.6 Å². The largest absolute Gasteiger partial charge is 0.452 e. The Morgan fingerprint density at radius 3 is 1.62 bits per heavy atom. The molecule has 0 radical (unpaired) electrons. The zero-order valence-corrected chi connectivity index (χ0v) is 9.83. The predicted octanol–water partition coefficient (Wildman–Crippen LogP) is 0.944. The summed E-state index contributed by atoms with van der Waals surface area (Å²) in [4.78, 5) is 30.0. The molecule has 0 spiro atoms. The molecule has 0 saturated heterocycles. The van der Waals surface area contributed by atoms with Gasteiger partial charge in [0.25, 0.3) is 0 Å². The lowest BCUT2D eigenvalue weighted by Gasteiger charge is -1.88. The van der Waals surface area contributed by atoms with Gasteiger partial charge in [0.1, 0.15) is 6.26 Å². The Morgan fingerprint density at radius 1 is 0.938 bits per heavy atom. The van der Waals surface area contributed by atoms with Crippen LogP contribution in [-0.2, 0) is 11.8 Å². The first-order valence-corrected chi connectivity index (χ1v) is 6.61. The first kappa shape index (κ1) is 14.9. The Morgan fingerprint density at radius 2 is 1.50 bits per heavy atom. The van der Waals surface area contributed by atoms with Gasteiger partial charge in [-0.05, 0) is 23.9 Å². The highest BCUT2D eigenvalue weighted by Gasteiger charge is 1.92. The van der Waals surface area contributed by atoms with Gasteiger partial charge in [0.05, 0.1) is 6.20 Å². The molecule has 0 aromatic carbocycles. The number of rotatable bonds is 0. The maximum Gasteiger partial charge on any atom is 0.319 e. The van der Waals surface area contributed by atoms with Gasteiger partial charge < -0.3 is 19.1 Å². The molecule has 88 valence electrons. The van der Waals surface area contributed by atoms with E-state index in [1.165, 1.54) is 12.7 Å². The van der Waals surface area contributed by atoms with Crippen molar-refractivity contribution in [3.63, 3.8) is 0 Å². The summed E-state index contributed by atoms with van der Waals surface area (Å²) < 4.78 is 4.47. The van der Waals surface area contributed by atoms with Crippen LogP contribution in [0.2, 0.25) is 0 Å². The highest BCUT2D eigenvalue weighted by molar-refractivity contribution is 8.06. The minimum atomic E-state index is -3.81. The highest BCUT2D eigenvalue weighted by atomic mass is 32.5. The van der Waals surface area contributed by atoms with E-state index in [0.717, 1.165) is 0 Å². The molecule has 0 aliphatic rings. The molecule has 16 heavy (non-hydrogen) atoms. The molecular formula is C8H11N2O4PS. The molecule has 0 saturated carbocycles. The van der Waals surface area contributed by atoms with Crippen LogP contribution in [0.25, 0.3) is 0 Å². The molecule has 2 heterocycles. The average molecular weight is 262 g/mol. The molecule has 0 aliphatic carbocycles. The fourth-order valence-electron chi connectivity index (χ4n) is 0.488. The van der Waals surface area contributed by atoms with Crippen molar-refractivity contribution in [2.45, 2.75) is 0 Å². The molecule has 3 N–H and O–H groups in total. The molecule has 0 atom stereocenters. The van der Waals surface area contributed by atoms with Crippen molar-refractivity contribution in [1.29, 1.82) is 0 Å².